The molecule has 24 heavy (non-hydrogen) atoms. The summed E-state index contributed by atoms with van der Waals surface area (Å²) in [5.41, 5.74) is 0.201. The van der Waals surface area contributed by atoms with Gasteiger partial charge in [-0.05, 0) is 30.3 Å². The number of rotatable bonds is 4. The number of nitrogens with zero attached hydrogens (tertiary/aromatic N) is 3. The fourth-order valence-corrected chi connectivity index (χ4v) is 3.38. The third kappa shape index (κ3) is 3.35. The Balaban J connectivity index is 1.90. The summed E-state index contributed by atoms with van der Waals surface area (Å²) in [6.45, 7) is 0. The second-order valence-electron chi connectivity index (χ2n) is 4.69. The molecule has 0 unspecified atom stereocenters. The zero-order chi connectivity index (χ0) is 17.3. The maximum absolute atomic E-state index is 14.1. The first-order valence-corrected chi connectivity index (χ1v) is 8.73. The van der Waals surface area contributed by atoms with Crippen molar-refractivity contribution < 1.29 is 12.8 Å². The largest absolute Gasteiger partial charge is 0.280 e. The number of aromatic nitrogens is 3. The van der Waals surface area contributed by atoms with Gasteiger partial charge in [-0.3, -0.25) is 4.72 Å². The van der Waals surface area contributed by atoms with E-state index >= 15 is 0 Å². The van der Waals surface area contributed by atoms with E-state index in [1.165, 1.54) is 47.7 Å². The normalized spacial score (nSPS) is 11.5. The number of halogens is 3. The van der Waals surface area contributed by atoms with Gasteiger partial charge in [-0.25, -0.2) is 22.5 Å². The minimum Gasteiger partial charge on any atom is -0.280 e. The molecule has 10 heteroatoms. The summed E-state index contributed by atoms with van der Waals surface area (Å²) >= 11 is 11.6. The molecule has 1 heterocycles. The van der Waals surface area contributed by atoms with Crippen LogP contribution in [-0.2, 0) is 10.0 Å². The van der Waals surface area contributed by atoms with Crippen molar-refractivity contribution in [1.29, 1.82) is 0 Å². The molecule has 0 saturated carbocycles. The lowest BCUT2D eigenvalue weighted by Crippen LogP contribution is -2.13. The highest BCUT2D eigenvalue weighted by atomic mass is 35.5. The Morgan fingerprint density at radius 3 is 2.50 bits per heavy atom. The molecule has 0 aliphatic carbocycles. The molecule has 1 N–H and O–H groups in total. The Hall–Kier alpha value is -2.16. The molecule has 0 amide bonds. The van der Waals surface area contributed by atoms with Crippen LogP contribution in [-0.4, -0.2) is 23.2 Å². The van der Waals surface area contributed by atoms with Gasteiger partial charge in [0.05, 0.1) is 20.6 Å². The first kappa shape index (κ1) is 16.7. The Morgan fingerprint density at radius 2 is 1.88 bits per heavy atom. The lowest BCUT2D eigenvalue weighted by atomic mass is 10.3. The van der Waals surface area contributed by atoms with Crippen molar-refractivity contribution in [3.8, 4) is 5.69 Å². The van der Waals surface area contributed by atoms with Gasteiger partial charge in [0.15, 0.2) is 5.82 Å². The molecule has 3 aromatic rings. The SMILES string of the molecule is O=S(=O)(Nc1ccc(-n2cncn2)c(F)c1)c1ccc(Cl)c(Cl)c1. The highest BCUT2D eigenvalue weighted by Gasteiger charge is 2.17. The number of nitrogens with one attached hydrogen (secondary N) is 1. The molecule has 0 atom stereocenters. The minimum atomic E-state index is -3.93. The zero-order valence-corrected chi connectivity index (χ0v) is 14.1. The third-order valence-corrected chi connectivity index (χ3v) is 5.18. The third-order valence-electron chi connectivity index (χ3n) is 3.07. The van der Waals surface area contributed by atoms with E-state index in [0.29, 0.717) is 0 Å². The van der Waals surface area contributed by atoms with Gasteiger partial charge in [-0.2, -0.15) is 5.10 Å². The van der Waals surface area contributed by atoms with Gasteiger partial charge < -0.3 is 0 Å². The number of hydrogen-bond acceptors (Lipinski definition) is 4. The minimum absolute atomic E-state index is 0.0578. The standard InChI is InChI=1S/C14H9Cl2FN4O2S/c15-11-3-2-10(6-12(11)16)24(22,23)20-9-1-4-14(13(17)5-9)21-8-18-7-19-21/h1-8,20H. The Bertz CT molecular complexity index is 994. The van der Waals surface area contributed by atoms with Gasteiger partial charge in [0.1, 0.15) is 18.3 Å². The van der Waals surface area contributed by atoms with Crippen molar-refractivity contribution in [3.63, 3.8) is 0 Å². The summed E-state index contributed by atoms with van der Waals surface area (Å²) in [4.78, 5) is 3.64. The maximum atomic E-state index is 14.1. The van der Waals surface area contributed by atoms with Gasteiger partial charge in [-0.1, -0.05) is 23.2 Å². The topological polar surface area (TPSA) is 76.9 Å². The van der Waals surface area contributed by atoms with Crippen molar-refractivity contribution in [3.05, 3.63) is 64.9 Å². The van der Waals surface area contributed by atoms with E-state index in [1.54, 1.807) is 0 Å². The predicted molar refractivity (Wildman–Crippen MR) is 88.6 cm³/mol. The lowest BCUT2D eigenvalue weighted by Gasteiger charge is -2.10. The van der Waals surface area contributed by atoms with E-state index in [1.807, 2.05) is 0 Å². The van der Waals surface area contributed by atoms with Gasteiger partial charge in [0.2, 0.25) is 0 Å². The van der Waals surface area contributed by atoms with Crippen LogP contribution < -0.4 is 4.72 Å². The van der Waals surface area contributed by atoms with Crippen molar-refractivity contribution in [2.75, 3.05) is 4.72 Å². The molecule has 0 fully saturated rings. The molecule has 6 nitrogen and oxygen atoms in total. The smallest absolute Gasteiger partial charge is 0.261 e. The highest BCUT2D eigenvalue weighted by molar-refractivity contribution is 7.92. The fourth-order valence-electron chi connectivity index (χ4n) is 1.95. The Morgan fingerprint density at radius 1 is 1.08 bits per heavy atom. The van der Waals surface area contributed by atoms with Crippen molar-refractivity contribution in [1.82, 2.24) is 14.8 Å². The number of benzene rings is 2. The summed E-state index contributed by atoms with van der Waals surface area (Å²) in [5.74, 6) is -0.658. The van der Waals surface area contributed by atoms with Crippen LogP contribution in [0.15, 0.2) is 53.9 Å². The average Bonchev–Trinajstić information content (AvgIpc) is 3.03. The van der Waals surface area contributed by atoms with Crippen LogP contribution in [0.25, 0.3) is 5.69 Å². The molecule has 2 aromatic carbocycles. The molecule has 3 rings (SSSR count). The van der Waals surface area contributed by atoms with Crippen LogP contribution in [0.3, 0.4) is 0 Å². The van der Waals surface area contributed by atoms with E-state index in [9.17, 15) is 12.8 Å². The van der Waals surface area contributed by atoms with Crippen LogP contribution >= 0.6 is 23.2 Å². The van der Waals surface area contributed by atoms with E-state index in [-0.39, 0.29) is 26.3 Å². The van der Waals surface area contributed by atoms with E-state index in [4.69, 9.17) is 23.2 Å². The summed E-state index contributed by atoms with van der Waals surface area (Å²) in [7, 11) is -3.93. The van der Waals surface area contributed by atoms with Crippen LogP contribution in [0.4, 0.5) is 10.1 Å². The molecule has 0 bridgehead atoms. The number of sulfonamides is 1. The second kappa shape index (κ2) is 6.39. The van der Waals surface area contributed by atoms with Crippen LogP contribution in [0, 0.1) is 5.82 Å². The molecule has 0 spiro atoms. The monoisotopic (exact) mass is 386 g/mol. The fraction of sp³-hybridized carbons (Fsp3) is 0. The lowest BCUT2D eigenvalue weighted by molar-refractivity contribution is 0.600. The molecule has 0 saturated heterocycles. The molecular weight excluding hydrogens is 378 g/mol. The average molecular weight is 387 g/mol. The van der Waals surface area contributed by atoms with Crippen molar-refractivity contribution in [2.24, 2.45) is 0 Å². The second-order valence-corrected chi connectivity index (χ2v) is 7.18. The summed E-state index contributed by atoms with van der Waals surface area (Å²) < 4.78 is 42.3. The Labute approximate surface area is 146 Å². The Kier molecular flexibility index (Phi) is 4.44. The van der Waals surface area contributed by atoms with Crippen LogP contribution in [0.5, 0.6) is 0 Å². The van der Waals surface area contributed by atoms with E-state index in [0.717, 1.165) is 6.07 Å². The van der Waals surface area contributed by atoms with Gasteiger partial charge >= 0.3 is 0 Å². The van der Waals surface area contributed by atoms with Gasteiger partial charge in [-0.15, -0.1) is 0 Å². The highest BCUT2D eigenvalue weighted by Crippen LogP contribution is 2.26. The molecule has 0 radical (unpaired) electrons. The molecular formula is C14H9Cl2FN4O2S. The molecule has 0 aliphatic rings. The molecule has 1 aromatic heterocycles. The quantitative estimate of drug-likeness (QED) is 0.743. The molecule has 0 aliphatic heterocycles. The van der Waals surface area contributed by atoms with E-state index in [2.05, 4.69) is 14.8 Å². The van der Waals surface area contributed by atoms with Crippen molar-refractivity contribution in [2.45, 2.75) is 4.90 Å². The number of anilines is 1. The van der Waals surface area contributed by atoms with Gasteiger partial charge in [0, 0.05) is 6.07 Å². The first-order chi connectivity index (χ1) is 11.4. The first-order valence-electron chi connectivity index (χ1n) is 6.49. The van der Waals surface area contributed by atoms with Crippen molar-refractivity contribution >= 4 is 38.9 Å². The van der Waals surface area contributed by atoms with Crippen LogP contribution in [0.1, 0.15) is 0 Å². The summed E-state index contributed by atoms with van der Waals surface area (Å²) in [5, 5.41) is 4.16. The predicted octanol–water partition coefficient (Wildman–Crippen LogP) is 3.51. The van der Waals surface area contributed by atoms with E-state index < -0.39 is 15.8 Å². The zero-order valence-electron chi connectivity index (χ0n) is 11.8. The molecule has 124 valence electrons. The summed E-state index contributed by atoms with van der Waals surface area (Å²) in [6.07, 6.45) is 2.60. The van der Waals surface area contributed by atoms with Gasteiger partial charge in [0.25, 0.3) is 10.0 Å². The number of hydrogen-bond donors (Lipinski definition) is 1. The summed E-state index contributed by atoms with van der Waals surface area (Å²) in [6, 6.07) is 7.73. The maximum Gasteiger partial charge on any atom is 0.261 e. The van der Waals surface area contributed by atoms with Crippen LogP contribution in [0.2, 0.25) is 10.0 Å².